The lowest BCUT2D eigenvalue weighted by Gasteiger charge is -2.00. The number of thiazole rings is 2. The van der Waals surface area contributed by atoms with Gasteiger partial charge >= 0.3 is 5.97 Å². The molecule has 4 rings (SSSR count). The molecular formula is C22H21ClN4O5S2. The van der Waals surface area contributed by atoms with Gasteiger partial charge < -0.3 is 9.84 Å². The Balaban J connectivity index is 0.000000192. The maximum atomic E-state index is 11.4. The Bertz CT molecular complexity index is 1370. The fraction of sp³-hybridized carbons (Fsp3) is 0.227. The number of rotatable bonds is 5. The summed E-state index contributed by atoms with van der Waals surface area (Å²) >= 11 is 8.69. The van der Waals surface area contributed by atoms with Gasteiger partial charge in [-0.3, -0.25) is 25.0 Å². The Hall–Kier alpha value is -3.12. The molecule has 2 aromatic carbocycles. The summed E-state index contributed by atoms with van der Waals surface area (Å²) in [7, 11) is 0. The first-order valence-electron chi connectivity index (χ1n) is 9.93. The minimum atomic E-state index is -0.520. The molecule has 0 saturated carbocycles. The summed E-state index contributed by atoms with van der Waals surface area (Å²) < 4.78 is 6.49. The Labute approximate surface area is 207 Å². The van der Waals surface area contributed by atoms with Crippen molar-refractivity contribution in [2.75, 3.05) is 23.8 Å². The van der Waals surface area contributed by atoms with Crippen molar-refractivity contribution in [3.63, 3.8) is 0 Å². The normalized spacial score (nSPS) is 10.5. The molecule has 0 bridgehead atoms. The van der Waals surface area contributed by atoms with Crippen LogP contribution in [0.2, 0.25) is 5.02 Å². The molecule has 2 aromatic heterocycles. The number of fused-ring (bicyclic) bond motifs is 2. The first kappa shape index (κ1) is 25.5. The van der Waals surface area contributed by atoms with Gasteiger partial charge in [0.1, 0.15) is 12.1 Å². The third-order valence-corrected chi connectivity index (χ3v) is 6.67. The molecule has 0 aliphatic carbocycles. The summed E-state index contributed by atoms with van der Waals surface area (Å²) in [5, 5.41) is 15.2. The van der Waals surface area contributed by atoms with E-state index in [9.17, 15) is 14.4 Å². The van der Waals surface area contributed by atoms with Gasteiger partial charge in [0.25, 0.3) is 11.8 Å². The predicted molar refractivity (Wildman–Crippen MR) is 135 cm³/mol. The summed E-state index contributed by atoms with van der Waals surface area (Å²) in [5.74, 6) is -1.37. The van der Waals surface area contributed by atoms with E-state index >= 15 is 0 Å². The standard InChI is InChI=1S/C11H9ClN2O3S.C11H12N2O2S/c1-6(15)17-5-9(16)13-11-14-10-7(12)3-2-4-8(10)18-11;1-6-3-4-8-10(7(6)2)13-11(16-8)12-9(15)5-14/h2-4H,5H2,1H3,(H,13,14,16);3-4,14H,5H2,1-2H3,(H,12,13,15). The fourth-order valence-corrected chi connectivity index (χ4v) is 4.85. The Kier molecular flexibility index (Phi) is 8.51. The van der Waals surface area contributed by atoms with Crippen LogP contribution >= 0.6 is 34.3 Å². The van der Waals surface area contributed by atoms with Gasteiger partial charge in [-0.05, 0) is 43.2 Å². The van der Waals surface area contributed by atoms with E-state index < -0.39 is 24.4 Å². The van der Waals surface area contributed by atoms with Gasteiger partial charge in [-0.25, -0.2) is 9.97 Å². The third kappa shape index (κ3) is 6.48. The molecule has 0 radical (unpaired) electrons. The van der Waals surface area contributed by atoms with Crippen molar-refractivity contribution in [3.8, 4) is 0 Å². The summed E-state index contributed by atoms with van der Waals surface area (Å²) in [4.78, 5) is 41.5. The second kappa shape index (κ2) is 11.3. The number of benzene rings is 2. The number of aryl methyl sites for hydroxylation is 2. The van der Waals surface area contributed by atoms with E-state index in [1.807, 2.05) is 38.1 Å². The quantitative estimate of drug-likeness (QED) is 0.334. The van der Waals surface area contributed by atoms with E-state index in [1.165, 1.54) is 35.2 Å². The Morgan fingerprint density at radius 3 is 2.21 bits per heavy atom. The molecule has 3 N–H and O–H groups in total. The van der Waals surface area contributed by atoms with Crippen LogP contribution in [0, 0.1) is 13.8 Å². The average molecular weight is 521 g/mol. The first-order valence-corrected chi connectivity index (χ1v) is 11.9. The number of hydrogen-bond donors (Lipinski definition) is 3. The molecule has 0 fully saturated rings. The second-order valence-electron chi connectivity index (χ2n) is 7.01. The molecular weight excluding hydrogens is 500 g/mol. The first-order chi connectivity index (χ1) is 16.2. The molecule has 0 atom stereocenters. The minimum Gasteiger partial charge on any atom is -0.456 e. The van der Waals surface area contributed by atoms with Crippen molar-refractivity contribution in [2.45, 2.75) is 20.8 Å². The molecule has 0 unspecified atom stereocenters. The summed E-state index contributed by atoms with van der Waals surface area (Å²) in [6.07, 6.45) is 0. The number of ether oxygens (including phenoxy) is 1. The number of hydrogen-bond acceptors (Lipinski definition) is 9. The molecule has 4 aromatic rings. The highest BCUT2D eigenvalue weighted by atomic mass is 35.5. The zero-order valence-corrected chi connectivity index (χ0v) is 20.9. The van der Waals surface area contributed by atoms with E-state index in [2.05, 4.69) is 25.3 Å². The number of carbonyl (C=O) groups excluding carboxylic acids is 3. The zero-order chi connectivity index (χ0) is 24.8. The summed E-state index contributed by atoms with van der Waals surface area (Å²) in [6, 6.07) is 9.43. The van der Waals surface area contributed by atoms with Crippen LogP contribution in [0.25, 0.3) is 20.4 Å². The number of anilines is 2. The van der Waals surface area contributed by atoms with E-state index in [-0.39, 0.29) is 6.61 Å². The Morgan fingerprint density at radius 2 is 1.59 bits per heavy atom. The highest BCUT2D eigenvalue weighted by Crippen LogP contribution is 2.31. The highest BCUT2D eigenvalue weighted by molar-refractivity contribution is 7.22. The van der Waals surface area contributed by atoms with Crippen molar-refractivity contribution >= 4 is 82.8 Å². The highest BCUT2D eigenvalue weighted by Gasteiger charge is 2.11. The molecule has 9 nitrogen and oxygen atoms in total. The van der Waals surface area contributed by atoms with Crippen molar-refractivity contribution in [2.24, 2.45) is 0 Å². The molecule has 0 saturated heterocycles. The van der Waals surface area contributed by atoms with E-state index in [4.69, 9.17) is 16.7 Å². The maximum absolute atomic E-state index is 11.4. The predicted octanol–water partition coefficient (Wildman–Crippen LogP) is 4.30. The van der Waals surface area contributed by atoms with Crippen LogP contribution in [0.5, 0.6) is 0 Å². The molecule has 178 valence electrons. The van der Waals surface area contributed by atoms with Crippen LogP contribution in [0.1, 0.15) is 18.1 Å². The molecule has 0 spiro atoms. The molecule has 2 heterocycles. The third-order valence-electron chi connectivity index (χ3n) is 4.50. The van der Waals surface area contributed by atoms with Crippen molar-refractivity contribution in [1.29, 1.82) is 0 Å². The fourth-order valence-electron chi connectivity index (χ4n) is 2.73. The average Bonchev–Trinajstić information content (AvgIpc) is 3.40. The van der Waals surface area contributed by atoms with Gasteiger partial charge in [0.15, 0.2) is 16.9 Å². The van der Waals surface area contributed by atoms with E-state index in [0.29, 0.717) is 20.8 Å². The largest absolute Gasteiger partial charge is 0.456 e. The van der Waals surface area contributed by atoms with Gasteiger partial charge in [-0.15, -0.1) is 0 Å². The molecule has 12 heteroatoms. The lowest BCUT2D eigenvalue weighted by atomic mass is 10.1. The molecule has 2 amide bonds. The zero-order valence-electron chi connectivity index (χ0n) is 18.5. The lowest BCUT2D eigenvalue weighted by molar-refractivity contribution is -0.144. The molecule has 0 aliphatic heterocycles. The van der Waals surface area contributed by atoms with E-state index in [0.717, 1.165) is 20.5 Å². The van der Waals surface area contributed by atoms with E-state index in [1.54, 1.807) is 6.07 Å². The summed E-state index contributed by atoms with van der Waals surface area (Å²) in [6.45, 7) is 4.44. The van der Waals surface area contributed by atoms with Gasteiger partial charge in [0, 0.05) is 6.92 Å². The SMILES string of the molecule is CC(=O)OCC(=O)Nc1nc2c(Cl)cccc2s1.Cc1ccc2sc(NC(=O)CO)nc2c1C. The Morgan fingerprint density at radius 1 is 0.971 bits per heavy atom. The van der Waals surface area contributed by atoms with Gasteiger partial charge in [0.05, 0.1) is 19.9 Å². The topological polar surface area (TPSA) is 131 Å². The lowest BCUT2D eigenvalue weighted by Crippen LogP contribution is -2.19. The monoisotopic (exact) mass is 520 g/mol. The smallest absolute Gasteiger partial charge is 0.303 e. The van der Waals surface area contributed by atoms with Crippen LogP contribution in [0.15, 0.2) is 30.3 Å². The number of amides is 2. The van der Waals surface area contributed by atoms with Crippen LogP contribution in [-0.4, -0.2) is 46.1 Å². The summed E-state index contributed by atoms with van der Waals surface area (Å²) in [5.41, 5.74) is 3.86. The number of nitrogens with zero attached hydrogens (tertiary/aromatic N) is 2. The number of aromatic nitrogens is 2. The molecule has 34 heavy (non-hydrogen) atoms. The number of aliphatic hydroxyl groups excluding tert-OH is 1. The van der Waals surface area contributed by atoms with Crippen molar-refractivity contribution in [3.05, 3.63) is 46.5 Å². The van der Waals surface area contributed by atoms with Crippen LogP contribution in [-0.2, 0) is 19.1 Å². The van der Waals surface area contributed by atoms with Crippen molar-refractivity contribution < 1.29 is 24.2 Å². The number of para-hydroxylation sites is 1. The minimum absolute atomic E-state index is 0.320. The van der Waals surface area contributed by atoms with Gasteiger partial charge in [-0.2, -0.15) is 0 Å². The maximum Gasteiger partial charge on any atom is 0.303 e. The van der Waals surface area contributed by atoms with Gasteiger partial charge in [0.2, 0.25) is 0 Å². The van der Waals surface area contributed by atoms with Crippen molar-refractivity contribution in [1.82, 2.24) is 9.97 Å². The molecule has 0 aliphatic rings. The van der Waals surface area contributed by atoms with Crippen LogP contribution in [0.4, 0.5) is 10.3 Å². The van der Waals surface area contributed by atoms with Crippen LogP contribution in [0.3, 0.4) is 0 Å². The number of nitrogens with one attached hydrogen (secondary N) is 2. The number of halogens is 1. The number of carbonyl (C=O) groups is 3. The second-order valence-corrected chi connectivity index (χ2v) is 9.48. The number of aliphatic hydroxyl groups is 1. The number of esters is 1. The van der Waals surface area contributed by atoms with Crippen LogP contribution < -0.4 is 10.6 Å². The van der Waals surface area contributed by atoms with Gasteiger partial charge in [-0.1, -0.05) is 46.4 Å².